The highest BCUT2D eigenvalue weighted by molar-refractivity contribution is 5.86. The van der Waals surface area contributed by atoms with E-state index in [-0.39, 0.29) is 11.6 Å². The summed E-state index contributed by atoms with van der Waals surface area (Å²) in [6.45, 7) is 2.21. The van der Waals surface area contributed by atoms with E-state index < -0.39 is 5.97 Å². The summed E-state index contributed by atoms with van der Waals surface area (Å²) in [7, 11) is 0. The molecular weight excluding hydrogens is 172 g/mol. The SMILES string of the molecule is CCOc1cc(N)cc(C(=O)O)n1. The number of hydrogen-bond donors (Lipinski definition) is 2. The Labute approximate surface area is 75.2 Å². The summed E-state index contributed by atoms with van der Waals surface area (Å²) in [5, 5.41) is 8.63. The van der Waals surface area contributed by atoms with E-state index in [4.69, 9.17) is 15.6 Å². The van der Waals surface area contributed by atoms with E-state index in [1.165, 1.54) is 12.1 Å². The molecule has 0 fully saturated rings. The van der Waals surface area contributed by atoms with Crippen LogP contribution in [0.25, 0.3) is 0 Å². The lowest BCUT2D eigenvalue weighted by atomic mass is 10.3. The number of nitrogens with two attached hydrogens (primary N) is 1. The largest absolute Gasteiger partial charge is 0.478 e. The topological polar surface area (TPSA) is 85.4 Å². The lowest BCUT2D eigenvalue weighted by Crippen LogP contribution is -2.04. The van der Waals surface area contributed by atoms with Crippen molar-refractivity contribution in [3.8, 4) is 5.88 Å². The highest BCUT2D eigenvalue weighted by Crippen LogP contribution is 2.14. The van der Waals surface area contributed by atoms with Crippen molar-refractivity contribution >= 4 is 11.7 Å². The first-order valence-corrected chi connectivity index (χ1v) is 3.77. The molecule has 70 valence electrons. The summed E-state index contributed by atoms with van der Waals surface area (Å²) in [6.07, 6.45) is 0. The molecule has 0 spiro atoms. The number of hydrogen-bond acceptors (Lipinski definition) is 4. The van der Waals surface area contributed by atoms with Crippen LogP contribution in [0.2, 0.25) is 0 Å². The van der Waals surface area contributed by atoms with E-state index in [9.17, 15) is 4.79 Å². The van der Waals surface area contributed by atoms with Gasteiger partial charge < -0.3 is 15.6 Å². The van der Waals surface area contributed by atoms with Crippen molar-refractivity contribution in [2.24, 2.45) is 0 Å². The predicted molar refractivity (Wildman–Crippen MR) is 46.8 cm³/mol. The van der Waals surface area contributed by atoms with Gasteiger partial charge in [-0.1, -0.05) is 0 Å². The summed E-state index contributed by atoms with van der Waals surface area (Å²) in [5.41, 5.74) is 5.67. The van der Waals surface area contributed by atoms with Gasteiger partial charge in [0.1, 0.15) is 0 Å². The van der Waals surface area contributed by atoms with Gasteiger partial charge in [0.05, 0.1) is 6.61 Å². The van der Waals surface area contributed by atoms with Crippen LogP contribution in [0.1, 0.15) is 17.4 Å². The van der Waals surface area contributed by atoms with Gasteiger partial charge in [-0.2, -0.15) is 0 Å². The third kappa shape index (κ3) is 2.33. The molecule has 0 saturated heterocycles. The molecule has 1 rings (SSSR count). The van der Waals surface area contributed by atoms with E-state index >= 15 is 0 Å². The van der Waals surface area contributed by atoms with Gasteiger partial charge in [-0.3, -0.25) is 0 Å². The van der Waals surface area contributed by atoms with Gasteiger partial charge in [0.2, 0.25) is 5.88 Å². The summed E-state index contributed by atoms with van der Waals surface area (Å²) in [6, 6.07) is 2.76. The monoisotopic (exact) mass is 182 g/mol. The average Bonchev–Trinajstić information content (AvgIpc) is 2.03. The molecule has 0 amide bonds. The third-order valence-corrected chi connectivity index (χ3v) is 1.34. The zero-order chi connectivity index (χ0) is 9.84. The fourth-order valence-corrected chi connectivity index (χ4v) is 0.857. The van der Waals surface area contributed by atoms with Crippen LogP contribution >= 0.6 is 0 Å². The van der Waals surface area contributed by atoms with Crippen LogP contribution in [0, 0.1) is 0 Å². The number of rotatable bonds is 3. The van der Waals surface area contributed by atoms with Gasteiger partial charge in [-0.15, -0.1) is 0 Å². The summed E-state index contributed by atoms with van der Waals surface area (Å²) < 4.78 is 5.02. The minimum absolute atomic E-state index is 0.108. The molecule has 0 radical (unpaired) electrons. The van der Waals surface area contributed by atoms with Gasteiger partial charge in [0.25, 0.3) is 0 Å². The summed E-state index contributed by atoms with van der Waals surface area (Å²) in [5.74, 6) is -0.881. The maximum absolute atomic E-state index is 10.5. The van der Waals surface area contributed by atoms with Crippen LogP contribution in [0.15, 0.2) is 12.1 Å². The molecule has 1 aromatic heterocycles. The fraction of sp³-hybridized carbons (Fsp3) is 0.250. The number of carbonyl (C=O) groups is 1. The molecule has 0 aliphatic carbocycles. The average molecular weight is 182 g/mol. The maximum Gasteiger partial charge on any atom is 0.354 e. The van der Waals surface area contributed by atoms with Crippen molar-refractivity contribution in [1.82, 2.24) is 4.98 Å². The molecule has 5 nitrogen and oxygen atoms in total. The molecule has 13 heavy (non-hydrogen) atoms. The molecule has 3 N–H and O–H groups in total. The van der Waals surface area contributed by atoms with Gasteiger partial charge >= 0.3 is 5.97 Å². The minimum Gasteiger partial charge on any atom is -0.478 e. The number of aromatic nitrogens is 1. The molecule has 5 heteroatoms. The number of ether oxygens (including phenoxy) is 1. The Kier molecular flexibility index (Phi) is 2.69. The van der Waals surface area contributed by atoms with Crippen LogP contribution in [-0.2, 0) is 0 Å². The molecule has 0 atom stereocenters. The fourth-order valence-electron chi connectivity index (χ4n) is 0.857. The number of nitrogen functional groups attached to an aromatic ring is 1. The quantitative estimate of drug-likeness (QED) is 0.720. The zero-order valence-electron chi connectivity index (χ0n) is 7.15. The van der Waals surface area contributed by atoms with Crippen molar-refractivity contribution in [2.75, 3.05) is 12.3 Å². The molecule has 0 aliphatic rings. The van der Waals surface area contributed by atoms with E-state index in [0.717, 1.165) is 0 Å². The first kappa shape index (κ1) is 9.31. The van der Waals surface area contributed by atoms with E-state index in [2.05, 4.69) is 4.98 Å². The Morgan fingerprint density at radius 2 is 2.38 bits per heavy atom. The molecule has 0 aliphatic heterocycles. The van der Waals surface area contributed by atoms with Gasteiger partial charge in [0.15, 0.2) is 5.69 Å². The molecule has 1 heterocycles. The van der Waals surface area contributed by atoms with Crippen LogP contribution in [0.5, 0.6) is 5.88 Å². The normalized spacial score (nSPS) is 9.62. The van der Waals surface area contributed by atoms with Gasteiger partial charge in [-0.05, 0) is 13.0 Å². The van der Waals surface area contributed by atoms with Gasteiger partial charge in [-0.25, -0.2) is 9.78 Å². The minimum atomic E-state index is -1.12. The molecule has 0 aromatic carbocycles. The number of nitrogens with zero attached hydrogens (tertiary/aromatic N) is 1. The Morgan fingerprint density at radius 1 is 1.69 bits per heavy atom. The van der Waals surface area contributed by atoms with Crippen molar-refractivity contribution in [3.63, 3.8) is 0 Å². The second-order valence-corrected chi connectivity index (χ2v) is 2.36. The summed E-state index contributed by atoms with van der Waals surface area (Å²) >= 11 is 0. The van der Waals surface area contributed by atoms with Crippen LogP contribution in [0.4, 0.5) is 5.69 Å². The van der Waals surface area contributed by atoms with Crippen molar-refractivity contribution in [1.29, 1.82) is 0 Å². The van der Waals surface area contributed by atoms with Gasteiger partial charge in [0, 0.05) is 11.8 Å². The Bertz CT molecular complexity index is 325. The van der Waals surface area contributed by atoms with Crippen molar-refractivity contribution in [3.05, 3.63) is 17.8 Å². The lowest BCUT2D eigenvalue weighted by molar-refractivity contribution is 0.0689. The van der Waals surface area contributed by atoms with E-state index in [0.29, 0.717) is 12.3 Å². The first-order chi connectivity index (χ1) is 6.13. The standard InChI is InChI=1S/C8H10N2O3/c1-2-13-7-4-5(9)3-6(10-7)8(11)12/h3-4H,2H2,1H3,(H2,9,10)(H,11,12). The second kappa shape index (κ2) is 3.75. The van der Waals surface area contributed by atoms with Crippen molar-refractivity contribution < 1.29 is 14.6 Å². The van der Waals surface area contributed by atoms with Crippen molar-refractivity contribution in [2.45, 2.75) is 6.92 Å². The highest BCUT2D eigenvalue weighted by Gasteiger charge is 2.07. The smallest absolute Gasteiger partial charge is 0.354 e. The van der Waals surface area contributed by atoms with E-state index in [1.807, 2.05) is 0 Å². The molecule has 0 saturated carbocycles. The number of pyridine rings is 1. The second-order valence-electron chi connectivity index (χ2n) is 2.36. The predicted octanol–water partition coefficient (Wildman–Crippen LogP) is 0.761. The Hall–Kier alpha value is -1.78. The van der Waals surface area contributed by atoms with Crippen LogP contribution < -0.4 is 10.5 Å². The Balaban J connectivity index is 3.03. The number of aromatic carboxylic acids is 1. The molecular formula is C8H10N2O3. The number of carboxylic acids is 1. The van der Waals surface area contributed by atoms with Crippen LogP contribution in [-0.4, -0.2) is 22.7 Å². The molecule has 1 aromatic rings. The molecule has 0 unspecified atom stereocenters. The number of carboxylic acid groups (broad SMARTS) is 1. The molecule has 0 bridgehead atoms. The number of anilines is 1. The zero-order valence-corrected chi connectivity index (χ0v) is 7.15. The third-order valence-electron chi connectivity index (χ3n) is 1.34. The summed E-state index contributed by atoms with van der Waals surface area (Å²) in [4.78, 5) is 14.3. The van der Waals surface area contributed by atoms with E-state index in [1.54, 1.807) is 6.92 Å². The lowest BCUT2D eigenvalue weighted by Gasteiger charge is -2.03. The first-order valence-electron chi connectivity index (χ1n) is 3.77. The van der Waals surface area contributed by atoms with Crippen LogP contribution in [0.3, 0.4) is 0 Å². The highest BCUT2D eigenvalue weighted by atomic mass is 16.5. The Morgan fingerprint density at radius 3 is 2.92 bits per heavy atom. The maximum atomic E-state index is 10.5.